The van der Waals surface area contributed by atoms with Gasteiger partial charge in [-0.2, -0.15) is 0 Å². The average molecular weight is 192 g/mol. The molecule has 0 aliphatic carbocycles. The number of pyridine rings is 1. The third-order valence-corrected chi connectivity index (χ3v) is 2.84. The first-order valence-electron chi connectivity index (χ1n) is 5.22. The second kappa shape index (κ2) is 5.11. The van der Waals surface area contributed by atoms with Crippen LogP contribution in [0.25, 0.3) is 0 Å². The molecular weight excluding hydrogens is 172 g/mol. The maximum absolute atomic E-state index is 4.32. The van der Waals surface area contributed by atoms with Crippen LogP contribution in [0.5, 0.6) is 0 Å². The Hall–Kier alpha value is -0.890. The molecule has 1 aromatic rings. The van der Waals surface area contributed by atoms with Crippen LogP contribution in [0.15, 0.2) is 18.3 Å². The quantitative estimate of drug-likeness (QED) is 0.792. The molecule has 0 spiro atoms. The second-order valence-corrected chi connectivity index (χ2v) is 4.06. The predicted octanol–water partition coefficient (Wildman–Crippen LogP) is 2.35. The highest BCUT2D eigenvalue weighted by Crippen LogP contribution is 2.22. The van der Waals surface area contributed by atoms with Crippen LogP contribution in [-0.2, 0) is 0 Å². The Bertz CT molecular complexity index is 266. The van der Waals surface area contributed by atoms with Gasteiger partial charge in [-0.05, 0) is 44.0 Å². The summed E-state index contributed by atoms with van der Waals surface area (Å²) in [6, 6.07) is 4.26. The molecule has 0 radical (unpaired) electrons. The lowest BCUT2D eigenvalue weighted by Crippen LogP contribution is -2.20. The van der Waals surface area contributed by atoms with Crippen LogP contribution in [0.2, 0.25) is 0 Å². The molecule has 0 fully saturated rings. The number of nitrogens with one attached hydrogen (secondary N) is 1. The van der Waals surface area contributed by atoms with Crippen LogP contribution >= 0.6 is 0 Å². The molecule has 0 aliphatic heterocycles. The number of aryl methyl sites for hydroxylation is 1. The predicted molar refractivity (Wildman–Crippen MR) is 60.5 cm³/mol. The second-order valence-electron chi connectivity index (χ2n) is 4.06. The highest BCUT2D eigenvalue weighted by atomic mass is 14.8. The van der Waals surface area contributed by atoms with E-state index in [4.69, 9.17) is 0 Å². The van der Waals surface area contributed by atoms with Crippen LogP contribution in [0, 0.1) is 12.8 Å². The molecule has 78 valence electrons. The summed E-state index contributed by atoms with van der Waals surface area (Å²) >= 11 is 0. The van der Waals surface area contributed by atoms with Crippen molar-refractivity contribution in [2.75, 3.05) is 13.6 Å². The van der Waals surface area contributed by atoms with E-state index in [0.717, 1.165) is 12.2 Å². The molecule has 1 aromatic heterocycles. The third kappa shape index (κ3) is 2.81. The molecular formula is C12H20N2. The maximum atomic E-state index is 4.32. The van der Waals surface area contributed by atoms with Crippen LogP contribution in [0.4, 0.5) is 0 Å². The summed E-state index contributed by atoms with van der Waals surface area (Å²) in [5, 5.41) is 3.21. The van der Waals surface area contributed by atoms with Gasteiger partial charge < -0.3 is 5.32 Å². The Kier molecular flexibility index (Phi) is 4.08. The standard InChI is InChI=1S/C12H20N2/c1-9(7-13-4)11(3)12-6-5-10(2)14-8-12/h5-6,8-9,11,13H,7H2,1-4H3. The van der Waals surface area contributed by atoms with E-state index < -0.39 is 0 Å². The molecule has 1 N–H and O–H groups in total. The molecule has 14 heavy (non-hydrogen) atoms. The molecule has 2 unspecified atom stereocenters. The Morgan fingerprint density at radius 3 is 2.57 bits per heavy atom. The Morgan fingerprint density at radius 2 is 2.07 bits per heavy atom. The highest BCUT2D eigenvalue weighted by molar-refractivity contribution is 5.17. The minimum absolute atomic E-state index is 0.565. The van der Waals surface area contributed by atoms with Crippen molar-refractivity contribution in [2.24, 2.45) is 5.92 Å². The van der Waals surface area contributed by atoms with Crippen molar-refractivity contribution >= 4 is 0 Å². The van der Waals surface area contributed by atoms with E-state index in [2.05, 4.69) is 36.3 Å². The van der Waals surface area contributed by atoms with E-state index in [1.54, 1.807) is 0 Å². The SMILES string of the molecule is CNCC(C)C(C)c1ccc(C)nc1. The van der Waals surface area contributed by atoms with E-state index in [0.29, 0.717) is 11.8 Å². The van der Waals surface area contributed by atoms with Crippen LogP contribution in [0.3, 0.4) is 0 Å². The zero-order valence-corrected chi connectivity index (χ0v) is 9.54. The van der Waals surface area contributed by atoms with Crippen molar-refractivity contribution < 1.29 is 0 Å². The van der Waals surface area contributed by atoms with Gasteiger partial charge in [-0.3, -0.25) is 4.98 Å². The third-order valence-electron chi connectivity index (χ3n) is 2.84. The van der Waals surface area contributed by atoms with Gasteiger partial charge in [0, 0.05) is 11.9 Å². The molecule has 0 bridgehead atoms. The van der Waals surface area contributed by atoms with Crippen LogP contribution in [-0.4, -0.2) is 18.6 Å². The average Bonchev–Trinajstić information content (AvgIpc) is 2.18. The van der Waals surface area contributed by atoms with Gasteiger partial charge in [-0.25, -0.2) is 0 Å². The monoisotopic (exact) mass is 192 g/mol. The van der Waals surface area contributed by atoms with Crippen molar-refractivity contribution in [1.29, 1.82) is 0 Å². The van der Waals surface area contributed by atoms with Gasteiger partial charge in [0.25, 0.3) is 0 Å². The minimum Gasteiger partial charge on any atom is -0.319 e. The van der Waals surface area contributed by atoms with Crippen molar-refractivity contribution in [2.45, 2.75) is 26.7 Å². The van der Waals surface area contributed by atoms with E-state index >= 15 is 0 Å². The minimum atomic E-state index is 0.565. The molecule has 0 saturated heterocycles. The fourth-order valence-electron chi connectivity index (χ4n) is 1.58. The van der Waals surface area contributed by atoms with E-state index in [1.807, 2.05) is 20.2 Å². The van der Waals surface area contributed by atoms with Crippen LogP contribution in [0.1, 0.15) is 31.0 Å². The van der Waals surface area contributed by atoms with Crippen molar-refractivity contribution in [3.8, 4) is 0 Å². The Balaban J connectivity index is 2.68. The molecule has 0 saturated carbocycles. The Labute approximate surface area is 86.8 Å². The van der Waals surface area contributed by atoms with Crippen molar-refractivity contribution in [3.05, 3.63) is 29.6 Å². The van der Waals surface area contributed by atoms with Gasteiger partial charge in [0.1, 0.15) is 0 Å². The van der Waals surface area contributed by atoms with Crippen molar-refractivity contribution in [1.82, 2.24) is 10.3 Å². The normalized spacial score (nSPS) is 15.1. The molecule has 0 amide bonds. The maximum Gasteiger partial charge on any atom is 0.0372 e. The van der Waals surface area contributed by atoms with Crippen molar-refractivity contribution in [3.63, 3.8) is 0 Å². The van der Waals surface area contributed by atoms with Gasteiger partial charge in [-0.1, -0.05) is 19.9 Å². The summed E-state index contributed by atoms with van der Waals surface area (Å²) in [5.74, 6) is 1.21. The molecule has 0 aliphatic rings. The Morgan fingerprint density at radius 1 is 1.36 bits per heavy atom. The topological polar surface area (TPSA) is 24.9 Å². The number of aromatic nitrogens is 1. The molecule has 2 atom stereocenters. The molecule has 1 rings (SSSR count). The summed E-state index contributed by atoms with van der Waals surface area (Å²) < 4.78 is 0. The van der Waals surface area contributed by atoms with Gasteiger partial charge in [0.15, 0.2) is 0 Å². The number of hydrogen-bond acceptors (Lipinski definition) is 2. The smallest absolute Gasteiger partial charge is 0.0372 e. The lowest BCUT2D eigenvalue weighted by Gasteiger charge is -2.19. The van der Waals surface area contributed by atoms with Gasteiger partial charge >= 0.3 is 0 Å². The largest absolute Gasteiger partial charge is 0.319 e. The number of hydrogen-bond donors (Lipinski definition) is 1. The first-order chi connectivity index (χ1) is 6.65. The molecule has 2 nitrogen and oxygen atoms in total. The van der Waals surface area contributed by atoms with E-state index in [1.165, 1.54) is 5.56 Å². The van der Waals surface area contributed by atoms with Crippen LogP contribution < -0.4 is 5.32 Å². The fraction of sp³-hybridized carbons (Fsp3) is 0.583. The van der Waals surface area contributed by atoms with E-state index in [-0.39, 0.29) is 0 Å². The fourth-order valence-corrected chi connectivity index (χ4v) is 1.58. The lowest BCUT2D eigenvalue weighted by molar-refractivity contribution is 0.465. The van der Waals surface area contributed by atoms with Gasteiger partial charge in [0.2, 0.25) is 0 Å². The highest BCUT2D eigenvalue weighted by Gasteiger charge is 2.13. The van der Waals surface area contributed by atoms with Gasteiger partial charge in [0.05, 0.1) is 0 Å². The zero-order chi connectivity index (χ0) is 10.6. The summed E-state index contributed by atoms with van der Waals surface area (Å²) in [7, 11) is 2.00. The number of nitrogens with zero attached hydrogens (tertiary/aromatic N) is 1. The molecule has 1 heterocycles. The lowest BCUT2D eigenvalue weighted by atomic mass is 9.90. The van der Waals surface area contributed by atoms with Gasteiger partial charge in [-0.15, -0.1) is 0 Å². The summed E-state index contributed by atoms with van der Waals surface area (Å²) in [6.45, 7) is 7.59. The molecule has 0 aromatic carbocycles. The first-order valence-corrected chi connectivity index (χ1v) is 5.22. The summed E-state index contributed by atoms with van der Waals surface area (Å²) in [6.07, 6.45) is 1.99. The molecule has 2 heteroatoms. The summed E-state index contributed by atoms with van der Waals surface area (Å²) in [4.78, 5) is 4.32. The summed E-state index contributed by atoms with van der Waals surface area (Å²) in [5.41, 5.74) is 2.42. The number of rotatable bonds is 4. The zero-order valence-electron chi connectivity index (χ0n) is 9.54. The first kappa shape index (κ1) is 11.2. The van der Waals surface area contributed by atoms with E-state index in [9.17, 15) is 0 Å².